The third-order valence-corrected chi connectivity index (χ3v) is 5.92. The summed E-state index contributed by atoms with van der Waals surface area (Å²) in [4.78, 5) is 26.4. The van der Waals surface area contributed by atoms with E-state index in [-0.39, 0.29) is 56.1 Å². The number of aromatic hydroxyl groups is 2. The van der Waals surface area contributed by atoms with E-state index in [1.807, 2.05) is 0 Å². The number of para-hydroxylation sites is 2. The number of hydrogen-bond acceptors (Lipinski definition) is 8. The zero-order valence-electron chi connectivity index (χ0n) is 18.2. The van der Waals surface area contributed by atoms with Crippen LogP contribution < -0.4 is 16.0 Å². The third kappa shape index (κ3) is 3.00. The average Bonchev–Trinajstić information content (AvgIpc) is 3.25. The summed E-state index contributed by atoms with van der Waals surface area (Å²) < 4.78 is 22.4. The fraction of sp³-hybridized carbons (Fsp3) is 0.0370. The smallest absolute Gasteiger partial charge is 0.348 e. The molecule has 0 unspecified atom stereocenters. The number of hydrogen-bond donors (Lipinski definition) is 2. The summed E-state index contributed by atoms with van der Waals surface area (Å²) in [5, 5.41) is 22.0. The zero-order valence-corrected chi connectivity index (χ0v) is 18.2. The molecule has 35 heavy (non-hydrogen) atoms. The number of ether oxygens (including phenoxy) is 1. The van der Waals surface area contributed by atoms with Gasteiger partial charge in [0, 0.05) is 5.56 Å². The van der Waals surface area contributed by atoms with E-state index < -0.39 is 11.3 Å². The number of phenolic OH excluding ortho intramolecular Hbond substituents is 1. The summed E-state index contributed by atoms with van der Waals surface area (Å²) in [6.45, 7) is 0. The second-order valence-electron chi connectivity index (χ2n) is 7.89. The Labute approximate surface area is 195 Å². The Kier molecular flexibility index (Phi) is 4.43. The van der Waals surface area contributed by atoms with Crippen molar-refractivity contribution >= 4 is 32.9 Å². The minimum atomic E-state index is -0.858. The number of furan rings is 1. The first-order valence-corrected chi connectivity index (χ1v) is 10.6. The van der Waals surface area contributed by atoms with E-state index in [1.165, 1.54) is 19.2 Å². The second kappa shape index (κ2) is 7.53. The molecular weight excluding hydrogens is 452 g/mol. The highest BCUT2D eigenvalue weighted by Gasteiger charge is 2.29. The van der Waals surface area contributed by atoms with Crippen molar-refractivity contribution in [2.24, 2.45) is 0 Å². The molecule has 3 aromatic carbocycles. The van der Waals surface area contributed by atoms with E-state index >= 15 is 0 Å². The Balaban J connectivity index is 1.83. The highest BCUT2D eigenvalue weighted by atomic mass is 16.5. The van der Waals surface area contributed by atoms with E-state index in [0.29, 0.717) is 16.5 Å². The van der Waals surface area contributed by atoms with E-state index in [1.54, 1.807) is 54.6 Å². The minimum Gasteiger partial charge on any atom is -0.506 e. The molecule has 0 fully saturated rings. The van der Waals surface area contributed by atoms with Crippen LogP contribution in [0, 0.1) is 0 Å². The quantitative estimate of drug-likeness (QED) is 0.331. The topological polar surface area (TPSA) is 123 Å². The summed E-state index contributed by atoms with van der Waals surface area (Å²) in [6, 6.07) is 17.8. The first-order valence-electron chi connectivity index (χ1n) is 10.6. The Morgan fingerprint density at radius 2 is 1.40 bits per heavy atom. The van der Waals surface area contributed by atoms with E-state index in [2.05, 4.69) is 0 Å². The van der Waals surface area contributed by atoms with E-state index in [4.69, 9.17) is 18.0 Å². The van der Waals surface area contributed by atoms with Crippen LogP contribution in [0.5, 0.6) is 17.2 Å². The van der Waals surface area contributed by atoms with Crippen LogP contribution in [0.15, 0.2) is 89.6 Å². The third-order valence-electron chi connectivity index (χ3n) is 5.92. The van der Waals surface area contributed by atoms with Crippen molar-refractivity contribution in [3.63, 3.8) is 0 Å². The lowest BCUT2D eigenvalue weighted by Gasteiger charge is -2.09. The fourth-order valence-corrected chi connectivity index (χ4v) is 4.32. The van der Waals surface area contributed by atoms with Crippen LogP contribution >= 0.6 is 0 Å². The molecule has 0 aliphatic heterocycles. The van der Waals surface area contributed by atoms with E-state index in [0.717, 1.165) is 0 Å². The molecule has 0 radical (unpaired) electrons. The van der Waals surface area contributed by atoms with Crippen molar-refractivity contribution in [3.8, 4) is 39.7 Å². The van der Waals surface area contributed by atoms with Crippen LogP contribution in [0.25, 0.3) is 55.4 Å². The number of rotatable bonds is 3. The summed E-state index contributed by atoms with van der Waals surface area (Å²) in [5.74, 6) is -0.216. The molecule has 3 heterocycles. The monoisotopic (exact) mass is 468 g/mol. The number of methoxy groups -OCH3 is 1. The summed E-state index contributed by atoms with van der Waals surface area (Å²) >= 11 is 0. The van der Waals surface area contributed by atoms with Crippen LogP contribution in [-0.4, -0.2) is 17.3 Å². The van der Waals surface area contributed by atoms with Crippen molar-refractivity contribution in [1.29, 1.82) is 0 Å². The number of phenols is 1. The van der Waals surface area contributed by atoms with Crippen LogP contribution in [0.1, 0.15) is 0 Å². The van der Waals surface area contributed by atoms with Crippen molar-refractivity contribution in [2.75, 3.05) is 7.11 Å². The number of benzene rings is 3. The number of fused-ring (bicyclic) bond motifs is 4. The summed E-state index contributed by atoms with van der Waals surface area (Å²) in [5.41, 5.74) is -0.768. The van der Waals surface area contributed by atoms with Gasteiger partial charge in [-0.15, -0.1) is 0 Å². The van der Waals surface area contributed by atoms with Gasteiger partial charge >= 0.3 is 11.3 Å². The highest BCUT2D eigenvalue weighted by molar-refractivity contribution is 6.11. The average molecular weight is 468 g/mol. The van der Waals surface area contributed by atoms with Crippen LogP contribution in [-0.2, 0) is 0 Å². The molecule has 6 aromatic rings. The van der Waals surface area contributed by atoms with E-state index in [9.17, 15) is 19.8 Å². The molecule has 0 aliphatic rings. The molecule has 8 nitrogen and oxygen atoms in total. The lowest BCUT2D eigenvalue weighted by molar-refractivity contribution is 0.373. The van der Waals surface area contributed by atoms with Gasteiger partial charge in [0.05, 0.1) is 23.4 Å². The summed E-state index contributed by atoms with van der Waals surface area (Å²) in [7, 11) is 1.39. The summed E-state index contributed by atoms with van der Waals surface area (Å²) in [6.07, 6.45) is 0. The van der Waals surface area contributed by atoms with Crippen molar-refractivity contribution in [3.05, 3.63) is 87.6 Å². The predicted octanol–water partition coefficient (Wildman–Crippen LogP) is 5.40. The largest absolute Gasteiger partial charge is 0.506 e. The van der Waals surface area contributed by atoms with Gasteiger partial charge in [-0.2, -0.15) is 0 Å². The highest BCUT2D eigenvalue weighted by Crippen LogP contribution is 2.46. The normalized spacial score (nSPS) is 11.5. The molecule has 0 bridgehead atoms. The molecule has 3 aromatic heterocycles. The molecule has 0 atom stereocenters. The second-order valence-corrected chi connectivity index (χ2v) is 7.89. The van der Waals surface area contributed by atoms with Gasteiger partial charge in [-0.05, 0) is 42.5 Å². The van der Waals surface area contributed by atoms with Gasteiger partial charge in [-0.3, -0.25) is 0 Å². The van der Waals surface area contributed by atoms with Crippen LogP contribution in [0.2, 0.25) is 0 Å². The maximum atomic E-state index is 13.2. The van der Waals surface area contributed by atoms with Gasteiger partial charge in [-0.25, -0.2) is 9.59 Å². The Morgan fingerprint density at radius 3 is 2.14 bits per heavy atom. The first-order chi connectivity index (χ1) is 17.0. The molecule has 0 saturated carbocycles. The van der Waals surface area contributed by atoms with Crippen LogP contribution in [0.4, 0.5) is 0 Å². The van der Waals surface area contributed by atoms with Gasteiger partial charge in [0.25, 0.3) is 0 Å². The Hall–Kier alpha value is -4.98. The molecular formula is C27H16O8. The van der Waals surface area contributed by atoms with Gasteiger partial charge in [-0.1, -0.05) is 24.3 Å². The Bertz CT molecular complexity index is 1910. The maximum Gasteiger partial charge on any atom is 0.348 e. The van der Waals surface area contributed by atoms with Crippen molar-refractivity contribution in [2.45, 2.75) is 0 Å². The SMILES string of the molecule is COc1cc(-c2oc3c(c2-c2c(O)c4ccccc4oc2=O)c(=O)oc2ccccc23)ccc1O. The molecule has 0 saturated heterocycles. The molecule has 8 heteroatoms. The fourth-order valence-electron chi connectivity index (χ4n) is 4.32. The zero-order chi connectivity index (χ0) is 24.3. The molecule has 0 spiro atoms. The standard InChI is InChI=1S/C27H16O8/c1-32-19-12-13(10-11-16(19)28)24-20(21-23(29)14-6-2-4-8-17(14)33-26(21)30)22-25(35-24)15-7-3-5-9-18(15)34-27(22)31/h2-12,28-29H,1H3. The minimum absolute atomic E-state index is 0.0178. The van der Waals surface area contributed by atoms with Gasteiger partial charge in [0.1, 0.15) is 33.6 Å². The molecule has 172 valence electrons. The molecule has 6 rings (SSSR count). The lowest BCUT2D eigenvalue weighted by atomic mass is 9.98. The van der Waals surface area contributed by atoms with Gasteiger partial charge in [0.15, 0.2) is 17.1 Å². The first kappa shape index (κ1) is 20.6. The predicted molar refractivity (Wildman–Crippen MR) is 129 cm³/mol. The Morgan fingerprint density at radius 1 is 0.743 bits per heavy atom. The molecule has 0 aliphatic carbocycles. The lowest BCUT2D eigenvalue weighted by Crippen LogP contribution is -2.07. The maximum absolute atomic E-state index is 13.2. The van der Waals surface area contributed by atoms with Gasteiger partial charge < -0.3 is 28.2 Å². The molecule has 0 amide bonds. The van der Waals surface area contributed by atoms with Crippen molar-refractivity contribution in [1.82, 2.24) is 0 Å². The van der Waals surface area contributed by atoms with Gasteiger partial charge in [0.2, 0.25) is 0 Å². The van der Waals surface area contributed by atoms with Crippen molar-refractivity contribution < 1.29 is 28.2 Å². The van der Waals surface area contributed by atoms with Crippen LogP contribution in [0.3, 0.4) is 0 Å². The molecule has 2 N–H and O–H groups in total.